The van der Waals surface area contributed by atoms with Crippen LogP contribution in [0.25, 0.3) is 0 Å². The van der Waals surface area contributed by atoms with Crippen LogP contribution in [0.1, 0.15) is 35.6 Å². The summed E-state index contributed by atoms with van der Waals surface area (Å²) in [5.74, 6) is -1.13. The normalized spacial score (nSPS) is 11.8. The maximum atomic E-state index is 12.6. The predicted molar refractivity (Wildman–Crippen MR) is 86.2 cm³/mol. The van der Waals surface area contributed by atoms with Gasteiger partial charge in [0.1, 0.15) is 6.61 Å². The summed E-state index contributed by atoms with van der Waals surface area (Å²) < 4.78 is 30.3. The van der Waals surface area contributed by atoms with Crippen molar-refractivity contribution in [1.29, 1.82) is 0 Å². The first-order chi connectivity index (χ1) is 12.0. The molecule has 1 amide bonds. The van der Waals surface area contributed by atoms with E-state index in [1.807, 2.05) is 6.07 Å². The highest BCUT2D eigenvalue weighted by atomic mass is 19.3. The van der Waals surface area contributed by atoms with Gasteiger partial charge in [0.15, 0.2) is 0 Å². The Kier molecular flexibility index (Phi) is 6.45. The summed E-state index contributed by atoms with van der Waals surface area (Å²) in [6.45, 7) is 0.0385. The molecule has 0 aromatic heterocycles. The molecule has 7 heteroatoms. The molecule has 0 aliphatic rings. The molecule has 0 aliphatic heterocycles. The molecule has 0 saturated carbocycles. The lowest BCUT2D eigenvalue weighted by atomic mass is 10.0. The van der Waals surface area contributed by atoms with Crippen molar-refractivity contribution in [3.63, 3.8) is 0 Å². The van der Waals surface area contributed by atoms with Gasteiger partial charge in [-0.1, -0.05) is 54.6 Å². The van der Waals surface area contributed by atoms with Gasteiger partial charge in [0.2, 0.25) is 0 Å². The Balaban J connectivity index is 2.01. The number of aliphatic carboxylic acids is 1. The SMILES string of the molecule is O=C(O)CC(NC(=O)OCc1ccccc1)c1ccc(C(F)F)cc1. The molecule has 0 spiro atoms. The zero-order valence-corrected chi connectivity index (χ0v) is 13.2. The second-order valence-electron chi connectivity index (χ2n) is 5.32. The van der Waals surface area contributed by atoms with Gasteiger partial charge in [0.25, 0.3) is 6.43 Å². The minimum absolute atomic E-state index is 0.0385. The van der Waals surface area contributed by atoms with E-state index in [0.29, 0.717) is 5.56 Å². The second-order valence-corrected chi connectivity index (χ2v) is 5.32. The minimum Gasteiger partial charge on any atom is -0.481 e. The highest BCUT2D eigenvalue weighted by Crippen LogP contribution is 2.23. The Morgan fingerprint density at radius 3 is 2.16 bits per heavy atom. The van der Waals surface area contributed by atoms with Crippen LogP contribution in [0.5, 0.6) is 0 Å². The summed E-state index contributed by atoms with van der Waals surface area (Å²) in [5, 5.41) is 11.5. The Morgan fingerprint density at radius 1 is 1.00 bits per heavy atom. The fourth-order valence-electron chi connectivity index (χ4n) is 2.21. The number of rotatable bonds is 7. The predicted octanol–water partition coefficient (Wildman–Crippen LogP) is 4.07. The molecule has 0 fully saturated rings. The van der Waals surface area contributed by atoms with Gasteiger partial charge < -0.3 is 15.2 Å². The second kappa shape index (κ2) is 8.77. The van der Waals surface area contributed by atoms with Crippen molar-refractivity contribution < 1.29 is 28.2 Å². The number of alkyl carbamates (subject to hydrolysis) is 1. The lowest BCUT2D eigenvalue weighted by Gasteiger charge is -2.18. The number of amides is 1. The van der Waals surface area contributed by atoms with Gasteiger partial charge in [-0.05, 0) is 11.1 Å². The molecule has 1 atom stereocenters. The molecule has 1 unspecified atom stereocenters. The van der Waals surface area contributed by atoms with E-state index in [1.54, 1.807) is 24.3 Å². The summed E-state index contributed by atoms with van der Waals surface area (Å²) in [5.41, 5.74) is 1.02. The highest BCUT2D eigenvalue weighted by molar-refractivity contribution is 5.72. The van der Waals surface area contributed by atoms with Gasteiger partial charge in [-0.3, -0.25) is 4.79 Å². The number of hydrogen-bond donors (Lipinski definition) is 2. The van der Waals surface area contributed by atoms with Gasteiger partial charge in [-0.25, -0.2) is 13.6 Å². The summed E-state index contributed by atoms with van der Waals surface area (Å²) in [6.07, 6.45) is -3.79. The number of carbonyl (C=O) groups excluding carboxylic acids is 1. The molecule has 132 valence electrons. The number of alkyl halides is 2. The molecule has 0 bridgehead atoms. The van der Waals surface area contributed by atoms with Crippen LogP contribution in [0.3, 0.4) is 0 Å². The van der Waals surface area contributed by atoms with Crippen molar-refractivity contribution in [2.24, 2.45) is 0 Å². The largest absolute Gasteiger partial charge is 0.481 e. The third kappa shape index (κ3) is 5.87. The number of carbonyl (C=O) groups is 2. The summed E-state index contributed by atoms with van der Waals surface area (Å²) >= 11 is 0. The van der Waals surface area contributed by atoms with Crippen molar-refractivity contribution >= 4 is 12.1 Å². The third-order valence-electron chi connectivity index (χ3n) is 3.47. The number of nitrogens with one attached hydrogen (secondary N) is 1. The van der Waals surface area contributed by atoms with Crippen LogP contribution in [-0.2, 0) is 16.1 Å². The van der Waals surface area contributed by atoms with Gasteiger partial charge in [0, 0.05) is 5.56 Å². The van der Waals surface area contributed by atoms with E-state index in [2.05, 4.69) is 5.32 Å². The molecule has 2 aromatic carbocycles. The van der Waals surface area contributed by atoms with Crippen LogP contribution in [0.15, 0.2) is 54.6 Å². The first-order valence-corrected chi connectivity index (χ1v) is 7.52. The number of halogens is 2. The lowest BCUT2D eigenvalue weighted by Crippen LogP contribution is -2.30. The van der Waals surface area contributed by atoms with E-state index < -0.39 is 31.0 Å². The molecule has 2 rings (SSSR count). The van der Waals surface area contributed by atoms with Crippen molar-refractivity contribution in [3.8, 4) is 0 Å². The van der Waals surface area contributed by atoms with Crippen LogP contribution in [0.4, 0.5) is 13.6 Å². The van der Waals surface area contributed by atoms with Crippen LogP contribution >= 0.6 is 0 Å². The number of carboxylic acids is 1. The third-order valence-corrected chi connectivity index (χ3v) is 3.47. The molecule has 0 aliphatic carbocycles. The highest BCUT2D eigenvalue weighted by Gasteiger charge is 2.19. The van der Waals surface area contributed by atoms with E-state index >= 15 is 0 Å². The molecule has 0 saturated heterocycles. The topological polar surface area (TPSA) is 75.6 Å². The average molecular weight is 349 g/mol. The van der Waals surface area contributed by atoms with E-state index in [4.69, 9.17) is 9.84 Å². The van der Waals surface area contributed by atoms with E-state index in [9.17, 15) is 18.4 Å². The van der Waals surface area contributed by atoms with Crippen LogP contribution < -0.4 is 5.32 Å². The first kappa shape index (κ1) is 18.4. The molecule has 0 radical (unpaired) electrons. The molecular formula is C18H17F2NO4. The molecule has 2 N–H and O–H groups in total. The van der Waals surface area contributed by atoms with Gasteiger partial charge in [0.05, 0.1) is 12.5 Å². The minimum atomic E-state index is -2.62. The molecule has 25 heavy (non-hydrogen) atoms. The number of hydrogen-bond acceptors (Lipinski definition) is 3. The van der Waals surface area contributed by atoms with Crippen molar-refractivity contribution in [3.05, 3.63) is 71.3 Å². The molecule has 5 nitrogen and oxygen atoms in total. The zero-order chi connectivity index (χ0) is 18.2. The summed E-state index contributed by atoms with van der Waals surface area (Å²) in [6, 6.07) is 13.2. The van der Waals surface area contributed by atoms with Gasteiger partial charge >= 0.3 is 12.1 Å². The Bertz CT molecular complexity index is 705. The average Bonchev–Trinajstić information content (AvgIpc) is 2.60. The van der Waals surface area contributed by atoms with E-state index in [0.717, 1.165) is 5.56 Å². The van der Waals surface area contributed by atoms with Crippen LogP contribution in [0.2, 0.25) is 0 Å². The van der Waals surface area contributed by atoms with Crippen LogP contribution in [-0.4, -0.2) is 17.2 Å². The molecular weight excluding hydrogens is 332 g/mol. The standard InChI is InChI=1S/C18H17F2NO4/c19-17(20)14-8-6-13(7-9-14)15(10-16(22)23)21-18(24)25-11-12-4-2-1-3-5-12/h1-9,15,17H,10-11H2,(H,21,24)(H,22,23). The maximum absolute atomic E-state index is 12.6. The monoisotopic (exact) mass is 349 g/mol. The maximum Gasteiger partial charge on any atom is 0.407 e. The fraction of sp³-hybridized carbons (Fsp3) is 0.222. The van der Waals surface area contributed by atoms with E-state index in [1.165, 1.54) is 24.3 Å². The molecule has 0 heterocycles. The number of carboxylic acid groups (broad SMARTS) is 1. The zero-order valence-electron chi connectivity index (χ0n) is 13.2. The first-order valence-electron chi connectivity index (χ1n) is 7.52. The van der Waals surface area contributed by atoms with Crippen LogP contribution in [0, 0.1) is 0 Å². The van der Waals surface area contributed by atoms with Crippen molar-refractivity contribution in [1.82, 2.24) is 5.32 Å². The Labute approximate surface area is 143 Å². The Hall–Kier alpha value is -2.96. The van der Waals surface area contributed by atoms with Gasteiger partial charge in [-0.15, -0.1) is 0 Å². The molecule has 2 aromatic rings. The fourth-order valence-corrected chi connectivity index (χ4v) is 2.21. The lowest BCUT2D eigenvalue weighted by molar-refractivity contribution is -0.137. The Morgan fingerprint density at radius 2 is 1.60 bits per heavy atom. The quantitative estimate of drug-likeness (QED) is 0.790. The van der Waals surface area contributed by atoms with Gasteiger partial charge in [-0.2, -0.15) is 0 Å². The van der Waals surface area contributed by atoms with Crippen molar-refractivity contribution in [2.45, 2.75) is 25.5 Å². The summed E-state index contributed by atoms with van der Waals surface area (Å²) in [4.78, 5) is 22.9. The van der Waals surface area contributed by atoms with E-state index in [-0.39, 0.29) is 12.2 Å². The number of benzene rings is 2. The summed E-state index contributed by atoms with van der Waals surface area (Å²) in [7, 11) is 0. The van der Waals surface area contributed by atoms with Crippen molar-refractivity contribution in [2.75, 3.05) is 0 Å². The smallest absolute Gasteiger partial charge is 0.407 e. The number of ether oxygens (including phenoxy) is 1.